The Morgan fingerprint density at radius 1 is 1.44 bits per heavy atom. The number of carbonyl (C=O) groups is 3. The highest BCUT2D eigenvalue weighted by Gasteiger charge is 2.54. The second-order valence-electron chi connectivity index (χ2n) is 7.28. The number of rotatable bonds is 9. The largest absolute Gasteiger partial charge is 0.477 e. The van der Waals surface area contributed by atoms with Crippen LogP contribution in [0.25, 0.3) is 0 Å². The molecular formula is C18H19N7O5S4. The highest BCUT2D eigenvalue weighted by atomic mass is 32.2. The van der Waals surface area contributed by atoms with Crippen LogP contribution in [0.5, 0.6) is 0 Å². The number of carbonyl (C=O) groups excluding carboxylic acids is 2. The minimum absolute atomic E-state index is 0.0550. The van der Waals surface area contributed by atoms with E-state index in [1.807, 2.05) is 0 Å². The number of β-lactam (4-membered cyclic amide) rings is 1. The van der Waals surface area contributed by atoms with Crippen molar-refractivity contribution in [3.05, 3.63) is 27.9 Å². The lowest BCUT2D eigenvalue weighted by Gasteiger charge is -2.49. The Kier molecular flexibility index (Phi) is 7.39. The normalized spacial score (nSPS) is 20.3. The summed E-state index contributed by atoms with van der Waals surface area (Å²) in [5.41, 5.74) is 7.94. The topological polar surface area (TPSA) is 173 Å². The average Bonchev–Trinajstić information content (AvgIpc) is 3.47. The summed E-state index contributed by atoms with van der Waals surface area (Å²) in [5.74, 6) is -1.60. The van der Waals surface area contributed by atoms with Gasteiger partial charge in [0, 0.05) is 16.9 Å². The quantitative estimate of drug-likeness (QED) is 0.180. The predicted octanol–water partition coefficient (Wildman–Crippen LogP) is 1.24. The SMILES string of the molecule is CC(C)O/N=C(\C(=O)NC1C(=O)N2C(C(=O)O)=C(CSc3nncs3)CS[C@H]12)c1csc(N)n1. The summed E-state index contributed by atoms with van der Waals surface area (Å²) < 4.78 is 0.711. The first-order chi connectivity index (χ1) is 16.3. The zero-order chi connectivity index (χ0) is 24.4. The molecule has 34 heavy (non-hydrogen) atoms. The number of hydrogen-bond donors (Lipinski definition) is 3. The summed E-state index contributed by atoms with van der Waals surface area (Å²) in [5, 5.41) is 25.3. The van der Waals surface area contributed by atoms with Gasteiger partial charge in [-0.2, -0.15) is 0 Å². The van der Waals surface area contributed by atoms with Gasteiger partial charge >= 0.3 is 5.97 Å². The van der Waals surface area contributed by atoms with Gasteiger partial charge in [0.15, 0.2) is 15.2 Å². The molecule has 0 saturated carbocycles. The van der Waals surface area contributed by atoms with Crippen LogP contribution in [0.3, 0.4) is 0 Å². The molecular weight excluding hydrogens is 523 g/mol. The van der Waals surface area contributed by atoms with Crippen LogP contribution >= 0.6 is 46.2 Å². The molecule has 2 aromatic rings. The smallest absolute Gasteiger partial charge is 0.352 e. The Labute approximate surface area is 210 Å². The van der Waals surface area contributed by atoms with E-state index in [0.717, 1.165) is 11.3 Å². The minimum Gasteiger partial charge on any atom is -0.477 e. The molecule has 12 nitrogen and oxygen atoms in total. The van der Waals surface area contributed by atoms with Crippen molar-refractivity contribution in [1.29, 1.82) is 0 Å². The third-order valence-corrected chi connectivity index (χ3v) is 8.54. The summed E-state index contributed by atoms with van der Waals surface area (Å²) in [6, 6.07) is -0.913. The number of aromatic nitrogens is 3. The molecule has 4 rings (SSSR count). The molecule has 1 unspecified atom stereocenters. The van der Waals surface area contributed by atoms with E-state index in [9.17, 15) is 19.5 Å². The summed E-state index contributed by atoms with van der Waals surface area (Å²) in [4.78, 5) is 48.4. The number of oxime groups is 1. The molecule has 0 bridgehead atoms. The van der Waals surface area contributed by atoms with Crippen molar-refractivity contribution < 1.29 is 24.3 Å². The van der Waals surface area contributed by atoms with Crippen LogP contribution in [-0.4, -0.2) is 77.7 Å². The van der Waals surface area contributed by atoms with Gasteiger partial charge in [0.25, 0.3) is 11.8 Å². The Morgan fingerprint density at radius 3 is 2.85 bits per heavy atom. The number of amides is 2. The highest BCUT2D eigenvalue weighted by Crippen LogP contribution is 2.41. The Morgan fingerprint density at radius 2 is 2.24 bits per heavy atom. The summed E-state index contributed by atoms with van der Waals surface area (Å²) in [6.07, 6.45) is -0.284. The van der Waals surface area contributed by atoms with Gasteiger partial charge in [-0.3, -0.25) is 14.5 Å². The number of fused-ring (bicyclic) bond motifs is 1. The van der Waals surface area contributed by atoms with E-state index in [1.54, 1.807) is 24.7 Å². The molecule has 0 spiro atoms. The minimum atomic E-state index is -1.19. The summed E-state index contributed by atoms with van der Waals surface area (Å²) in [7, 11) is 0. The van der Waals surface area contributed by atoms with Gasteiger partial charge in [0.05, 0.1) is 0 Å². The van der Waals surface area contributed by atoms with E-state index >= 15 is 0 Å². The zero-order valence-corrected chi connectivity index (χ0v) is 21.1. The number of thiazole rings is 1. The molecule has 0 aliphatic carbocycles. The van der Waals surface area contributed by atoms with Crippen molar-refractivity contribution in [2.75, 3.05) is 17.2 Å². The molecule has 2 aliphatic rings. The predicted molar refractivity (Wildman–Crippen MR) is 130 cm³/mol. The van der Waals surface area contributed by atoms with Crippen LogP contribution in [0.2, 0.25) is 0 Å². The molecule has 1 fully saturated rings. The van der Waals surface area contributed by atoms with Crippen LogP contribution in [0.4, 0.5) is 5.13 Å². The van der Waals surface area contributed by atoms with Crippen molar-refractivity contribution in [1.82, 2.24) is 25.4 Å². The lowest BCUT2D eigenvalue weighted by molar-refractivity contribution is -0.150. The maximum Gasteiger partial charge on any atom is 0.352 e. The first-order valence-electron chi connectivity index (χ1n) is 9.81. The Balaban J connectivity index is 1.50. The van der Waals surface area contributed by atoms with Gasteiger partial charge in [-0.15, -0.1) is 33.3 Å². The molecule has 16 heteroatoms. The van der Waals surface area contributed by atoms with Crippen molar-refractivity contribution >= 4 is 74.8 Å². The number of nitrogens with one attached hydrogen (secondary N) is 1. The lowest BCUT2D eigenvalue weighted by atomic mass is 10.0. The van der Waals surface area contributed by atoms with Crippen molar-refractivity contribution in [3.8, 4) is 0 Å². The Hall–Kier alpha value is -2.69. The zero-order valence-electron chi connectivity index (χ0n) is 17.8. The lowest BCUT2D eigenvalue weighted by Crippen LogP contribution is -2.71. The molecule has 2 aromatic heterocycles. The Bertz CT molecular complexity index is 1160. The standard InChI is InChI=1S/C18H19N7O5S4/c1-7(2)30-24-10(9-5-32-17(19)21-9)13(26)22-11-14(27)25-12(16(28)29)8(3-31-15(11)25)4-33-18-23-20-6-34-18/h5-7,11,15H,3-4H2,1-2H3,(H2,19,21)(H,22,26)(H,28,29)/b24-10-/t11?,15-/m1/s1. The number of nitrogen functional groups attached to an aromatic ring is 1. The molecule has 180 valence electrons. The van der Waals surface area contributed by atoms with Gasteiger partial charge in [-0.25, -0.2) is 9.78 Å². The summed E-state index contributed by atoms with van der Waals surface area (Å²) >= 11 is 5.24. The third kappa shape index (κ3) is 5.03. The third-order valence-electron chi connectivity index (χ3n) is 4.58. The van der Waals surface area contributed by atoms with E-state index in [1.165, 1.54) is 39.8 Å². The van der Waals surface area contributed by atoms with Crippen LogP contribution in [0.1, 0.15) is 19.5 Å². The van der Waals surface area contributed by atoms with Crippen molar-refractivity contribution in [2.24, 2.45) is 5.16 Å². The fourth-order valence-corrected chi connectivity index (χ4v) is 6.66. The maximum atomic E-state index is 13.0. The highest BCUT2D eigenvalue weighted by molar-refractivity contribution is 8.01. The van der Waals surface area contributed by atoms with Gasteiger partial charge in [0.2, 0.25) is 0 Å². The number of aliphatic carboxylic acids is 1. The molecule has 0 aromatic carbocycles. The monoisotopic (exact) mass is 541 g/mol. The van der Waals surface area contributed by atoms with Crippen molar-refractivity contribution in [3.63, 3.8) is 0 Å². The van der Waals surface area contributed by atoms with E-state index in [4.69, 9.17) is 10.6 Å². The van der Waals surface area contributed by atoms with Gasteiger partial charge in [-0.1, -0.05) is 28.3 Å². The fourth-order valence-electron chi connectivity index (χ4n) is 3.14. The molecule has 4 N–H and O–H groups in total. The van der Waals surface area contributed by atoms with Crippen LogP contribution in [0.15, 0.2) is 31.7 Å². The molecule has 2 aliphatic heterocycles. The van der Waals surface area contributed by atoms with Gasteiger partial charge in [-0.05, 0) is 19.4 Å². The number of nitrogens with zero attached hydrogens (tertiary/aromatic N) is 5. The molecule has 1 saturated heterocycles. The van der Waals surface area contributed by atoms with E-state index in [0.29, 0.717) is 21.4 Å². The number of carboxylic acid groups (broad SMARTS) is 1. The number of hydrogen-bond acceptors (Lipinski definition) is 13. The molecule has 0 radical (unpaired) electrons. The number of thioether (sulfide) groups is 2. The molecule has 2 amide bonds. The number of nitrogens with two attached hydrogens (primary N) is 1. The van der Waals surface area contributed by atoms with E-state index in [-0.39, 0.29) is 28.3 Å². The number of anilines is 1. The molecule has 4 heterocycles. The van der Waals surface area contributed by atoms with Crippen LogP contribution < -0.4 is 11.1 Å². The fraction of sp³-hybridized carbons (Fsp3) is 0.389. The second kappa shape index (κ2) is 10.3. The van der Waals surface area contributed by atoms with Crippen LogP contribution in [0, 0.1) is 0 Å². The van der Waals surface area contributed by atoms with E-state index in [2.05, 4.69) is 25.7 Å². The first kappa shape index (κ1) is 24.4. The van der Waals surface area contributed by atoms with Gasteiger partial charge in [0.1, 0.15) is 34.4 Å². The first-order valence-corrected chi connectivity index (χ1v) is 13.6. The van der Waals surface area contributed by atoms with Crippen LogP contribution in [-0.2, 0) is 19.2 Å². The average molecular weight is 542 g/mol. The molecule has 2 atom stereocenters. The van der Waals surface area contributed by atoms with Gasteiger partial charge < -0.3 is 21.0 Å². The summed E-state index contributed by atoms with van der Waals surface area (Å²) in [6.45, 7) is 3.50. The second-order valence-corrected chi connectivity index (χ2v) is 11.3. The van der Waals surface area contributed by atoms with Crippen molar-refractivity contribution in [2.45, 2.75) is 35.7 Å². The van der Waals surface area contributed by atoms with E-state index < -0.39 is 29.2 Å². The number of carboxylic acids is 1. The maximum absolute atomic E-state index is 13.0.